The van der Waals surface area contributed by atoms with Crippen molar-refractivity contribution in [2.75, 3.05) is 13.7 Å². The highest BCUT2D eigenvalue weighted by Crippen LogP contribution is 2.22. The van der Waals surface area contributed by atoms with Crippen molar-refractivity contribution >= 4 is 0 Å². The summed E-state index contributed by atoms with van der Waals surface area (Å²) in [5.74, 6) is 0.961. The van der Waals surface area contributed by atoms with Gasteiger partial charge < -0.3 is 10.1 Å². The van der Waals surface area contributed by atoms with E-state index in [2.05, 4.69) is 26.1 Å². The van der Waals surface area contributed by atoms with Gasteiger partial charge in [0.25, 0.3) is 0 Å². The van der Waals surface area contributed by atoms with Gasteiger partial charge in [0.1, 0.15) is 5.75 Å². The molecule has 2 nitrogen and oxygen atoms in total. The SMILES string of the molecule is CNC(CCOc1ccccc1)CCC(C)(C)C. The molecule has 18 heavy (non-hydrogen) atoms. The predicted octanol–water partition coefficient (Wildman–Crippen LogP) is 3.87. The van der Waals surface area contributed by atoms with Gasteiger partial charge in [-0.2, -0.15) is 0 Å². The molecule has 1 N–H and O–H groups in total. The van der Waals surface area contributed by atoms with Crippen molar-refractivity contribution in [3.63, 3.8) is 0 Å². The minimum Gasteiger partial charge on any atom is -0.494 e. The predicted molar refractivity (Wildman–Crippen MR) is 78.1 cm³/mol. The molecule has 0 aliphatic heterocycles. The maximum absolute atomic E-state index is 5.73. The Kier molecular flexibility index (Phi) is 6.20. The van der Waals surface area contributed by atoms with Crippen molar-refractivity contribution in [1.82, 2.24) is 5.32 Å². The molecule has 0 fully saturated rings. The first-order chi connectivity index (χ1) is 8.51. The number of benzene rings is 1. The van der Waals surface area contributed by atoms with E-state index in [1.807, 2.05) is 37.4 Å². The third-order valence-electron chi connectivity index (χ3n) is 3.13. The molecular weight excluding hydrogens is 222 g/mol. The highest BCUT2D eigenvalue weighted by atomic mass is 16.5. The van der Waals surface area contributed by atoms with E-state index >= 15 is 0 Å². The largest absolute Gasteiger partial charge is 0.494 e. The molecule has 1 unspecified atom stereocenters. The normalized spacial score (nSPS) is 13.3. The molecular formula is C16H27NO. The molecule has 0 amide bonds. The smallest absolute Gasteiger partial charge is 0.119 e. The molecule has 0 aromatic heterocycles. The summed E-state index contributed by atoms with van der Waals surface area (Å²) in [6, 6.07) is 10.6. The third kappa shape index (κ3) is 6.65. The highest BCUT2D eigenvalue weighted by molar-refractivity contribution is 5.20. The van der Waals surface area contributed by atoms with Gasteiger partial charge in [0.2, 0.25) is 0 Å². The molecule has 0 heterocycles. The molecule has 0 saturated heterocycles. The van der Waals surface area contributed by atoms with Crippen molar-refractivity contribution in [3.8, 4) is 5.75 Å². The average Bonchev–Trinajstić information content (AvgIpc) is 2.33. The number of rotatable bonds is 7. The molecule has 0 spiro atoms. The maximum atomic E-state index is 5.73. The molecule has 0 saturated carbocycles. The first-order valence-electron chi connectivity index (χ1n) is 6.86. The highest BCUT2D eigenvalue weighted by Gasteiger charge is 2.14. The van der Waals surface area contributed by atoms with Crippen LogP contribution in [0.4, 0.5) is 0 Å². The summed E-state index contributed by atoms with van der Waals surface area (Å²) in [4.78, 5) is 0. The van der Waals surface area contributed by atoms with E-state index in [0.29, 0.717) is 11.5 Å². The Labute approximate surface area is 112 Å². The fraction of sp³-hybridized carbons (Fsp3) is 0.625. The summed E-state index contributed by atoms with van der Waals surface area (Å²) >= 11 is 0. The van der Waals surface area contributed by atoms with Crippen LogP contribution in [0, 0.1) is 5.41 Å². The van der Waals surface area contributed by atoms with Crippen molar-refractivity contribution < 1.29 is 4.74 Å². The fourth-order valence-electron chi connectivity index (χ4n) is 1.88. The van der Waals surface area contributed by atoms with Crippen molar-refractivity contribution in [2.45, 2.75) is 46.1 Å². The van der Waals surface area contributed by atoms with Crippen LogP contribution in [0.2, 0.25) is 0 Å². The van der Waals surface area contributed by atoms with Gasteiger partial charge in [0.05, 0.1) is 6.61 Å². The Morgan fingerprint density at radius 3 is 2.33 bits per heavy atom. The van der Waals surface area contributed by atoms with Crippen LogP contribution in [0.3, 0.4) is 0 Å². The van der Waals surface area contributed by atoms with E-state index in [1.165, 1.54) is 12.8 Å². The molecule has 102 valence electrons. The summed E-state index contributed by atoms with van der Waals surface area (Å²) in [5.41, 5.74) is 0.412. The molecule has 2 heteroatoms. The first kappa shape index (κ1) is 15.0. The molecule has 0 aliphatic carbocycles. The summed E-state index contributed by atoms with van der Waals surface area (Å²) in [6.07, 6.45) is 3.50. The van der Waals surface area contributed by atoms with E-state index in [0.717, 1.165) is 18.8 Å². The van der Waals surface area contributed by atoms with Gasteiger partial charge in [-0.05, 0) is 43.9 Å². The summed E-state index contributed by atoms with van der Waals surface area (Å²) in [6.45, 7) is 7.65. The van der Waals surface area contributed by atoms with E-state index < -0.39 is 0 Å². The zero-order valence-electron chi connectivity index (χ0n) is 12.2. The topological polar surface area (TPSA) is 21.3 Å². The number of hydrogen-bond acceptors (Lipinski definition) is 2. The molecule has 0 aliphatic rings. The lowest BCUT2D eigenvalue weighted by Gasteiger charge is -2.23. The molecule has 1 rings (SSSR count). The quantitative estimate of drug-likeness (QED) is 0.792. The zero-order valence-corrected chi connectivity index (χ0v) is 12.2. The number of ether oxygens (including phenoxy) is 1. The van der Waals surface area contributed by atoms with Crippen LogP contribution in [-0.4, -0.2) is 19.7 Å². The molecule has 1 aromatic rings. The minimum atomic E-state index is 0.412. The molecule has 0 radical (unpaired) electrons. The lowest BCUT2D eigenvalue weighted by molar-refractivity contribution is 0.267. The lowest BCUT2D eigenvalue weighted by atomic mass is 9.88. The van der Waals surface area contributed by atoms with Gasteiger partial charge >= 0.3 is 0 Å². The number of nitrogens with one attached hydrogen (secondary N) is 1. The summed E-state index contributed by atoms with van der Waals surface area (Å²) in [5, 5.41) is 3.38. The van der Waals surface area contributed by atoms with E-state index in [-0.39, 0.29) is 0 Å². The summed E-state index contributed by atoms with van der Waals surface area (Å²) in [7, 11) is 2.04. The van der Waals surface area contributed by atoms with E-state index in [9.17, 15) is 0 Å². The van der Waals surface area contributed by atoms with Crippen LogP contribution in [0.25, 0.3) is 0 Å². The van der Waals surface area contributed by atoms with E-state index in [4.69, 9.17) is 4.74 Å². The molecule has 0 bridgehead atoms. The summed E-state index contributed by atoms with van der Waals surface area (Å²) < 4.78 is 5.73. The van der Waals surface area contributed by atoms with Gasteiger partial charge in [-0.3, -0.25) is 0 Å². The van der Waals surface area contributed by atoms with Gasteiger partial charge in [0, 0.05) is 6.04 Å². The van der Waals surface area contributed by atoms with Crippen LogP contribution in [0.15, 0.2) is 30.3 Å². The number of hydrogen-bond donors (Lipinski definition) is 1. The molecule has 1 aromatic carbocycles. The Hall–Kier alpha value is -1.02. The third-order valence-corrected chi connectivity index (χ3v) is 3.13. The lowest BCUT2D eigenvalue weighted by Crippen LogP contribution is -2.28. The van der Waals surface area contributed by atoms with Crippen molar-refractivity contribution in [3.05, 3.63) is 30.3 Å². The second-order valence-corrected chi connectivity index (χ2v) is 6.04. The monoisotopic (exact) mass is 249 g/mol. The minimum absolute atomic E-state index is 0.412. The Morgan fingerprint density at radius 2 is 1.78 bits per heavy atom. The van der Waals surface area contributed by atoms with Gasteiger partial charge in [0.15, 0.2) is 0 Å². The van der Waals surface area contributed by atoms with E-state index in [1.54, 1.807) is 0 Å². The second kappa shape index (κ2) is 7.42. The van der Waals surface area contributed by atoms with Gasteiger partial charge in [-0.25, -0.2) is 0 Å². The number of para-hydroxylation sites is 1. The van der Waals surface area contributed by atoms with Crippen LogP contribution in [0.5, 0.6) is 5.75 Å². The average molecular weight is 249 g/mol. The molecule has 1 atom stereocenters. The van der Waals surface area contributed by atoms with Gasteiger partial charge in [-0.15, -0.1) is 0 Å². The van der Waals surface area contributed by atoms with Crippen LogP contribution >= 0.6 is 0 Å². The standard InChI is InChI=1S/C16H27NO/c1-16(2,3)12-10-14(17-4)11-13-18-15-8-6-5-7-9-15/h5-9,14,17H,10-13H2,1-4H3. The van der Waals surface area contributed by atoms with Crippen molar-refractivity contribution in [2.24, 2.45) is 5.41 Å². The van der Waals surface area contributed by atoms with Crippen LogP contribution in [0.1, 0.15) is 40.0 Å². The Balaban J connectivity index is 2.23. The van der Waals surface area contributed by atoms with Gasteiger partial charge in [-0.1, -0.05) is 39.0 Å². The van der Waals surface area contributed by atoms with Crippen LogP contribution < -0.4 is 10.1 Å². The zero-order chi connectivity index (χ0) is 13.4. The van der Waals surface area contributed by atoms with Crippen molar-refractivity contribution in [1.29, 1.82) is 0 Å². The first-order valence-corrected chi connectivity index (χ1v) is 6.86. The Morgan fingerprint density at radius 1 is 1.11 bits per heavy atom. The second-order valence-electron chi connectivity index (χ2n) is 6.04. The van der Waals surface area contributed by atoms with Crippen LogP contribution in [-0.2, 0) is 0 Å². The fourth-order valence-corrected chi connectivity index (χ4v) is 1.88. The Bertz CT molecular complexity index is 316. The maximum Gasteiger partial charge on any atom is 0.119 e.